The van der Waals surface area contributed by atoms with Crippen LogP contribution in [0.25, 0.3) is 22.0 Å². The van der Waals surface area contributed by atoms with Crippen LogP contribution >= 0.6 is 0 Å². The number of alkyl halides is 3. The smallest absolute Gasteiger partial charge is 0.416 e. The van der Waals surface area contributed by atoms with Gasteiger partial charge in [-0.15, -0.1) is 0 Å². The van der Waals surface area contributed by atoms with E-state index in [-0.39, 0.29) is 18.9 Å². The van der Waals surface area contributed by atoms with E-state index in [1.54, 1.807) is 13.3 Å². The predicted octanol–water partition coefficient (Wildman–Crippen LogP) is 5.79. The van der Waals surface area contributed by atoms with Gasteiger partial charge in [0.1, 0.15) is 5.75 Å². The van der Waals surface area contributed by atoms with Gasteiger partial charge in [-0.3, -0.25) is 9.78 Å². The molecule has 0 unspecified atom stereocenters. The number of amides is 1. The molecular weight excluding hydrogens is 429 g/mol. The third-order valence-corrected chi connectivity index (χ3v) is 5.36. The summed E-state index contributed by atoms with van der Waals surface area (Å²) in [5, 5.41) is 3.79. The minimum atomic E-state index is -4.40. The average Bonchev–Trinajstić information content (AvgIpc) is 2.82. The van der Waals surface area contributed by atoms with Gasteiger partial charge in [0.2, 0.25) is 5.91 Å². The van der Waals surface area contributed by atoms with Crippen molar-refractivity contribution in [1.82, 2.24) is 10.3 Å². The number of nitrogens with one attached hydrogen (secondary N) is 1. The van der Waals surface area contributed by atoms with Crippen molar-refractivity contribution in [1.29, 1.82) is 0 Å². The first-order valence-electron chi connectivity index (χ1n) is 10.3. The molecule has 4 nitrogen and oxygen atoms in total. The van der Waals surface area contributed by atoms with Gasteiger partial charge in [0.25, 0.3) is 0 Å². The summed E-state index contributed by atoms with van der Waals surface area (Å²) in [4.78, 5) is 16.9. The van der Waals surface area contributed by atoms with Crippen LogP contribution in [0.15, 0.2) is 79.0 Å². The van der Waals surface area contributed by atoms with E-state index in [9.17, 15) is 18.0 Å². The third kappa shape index (κ3) is 5.14. The molecule has 1 heterocycles. The van der Waals surface area contributed by atoms with E-state index < -0.39 is 11.7 Å². The Kier molecular flexibility index (Phi) is 6.31. The van der Waals surface area contributed by atoms with Crippen LogP contribution in [0.4, 0.5) is 13.2 Å². The Morgan fingerprint density at radius 3 is 2.52 bits per heavy atom. The van der Waals surface area contributed by atoms with E-state index in [1.165, 1.54) is 12.1 Å². The fraction of sp³-hybridized carbons (Fsp3) is 0.154. The van der Waals surface area contributed by atoms with Gasteiger partial charge in [-0.2, -0.15) is 13.2 Å². The standard InChI is InChI=1S/C26H21F3N2O2/c1-33-21-5-2-4-18(15-21)22-12-9-19(25-23(22)6-3-13-30-25)16-31-24(32)14-17-7-10-20(11-8-17)26(27,28)29/h2-13,15H,14,16H2,1H3,(H,31,32). The van der Waals surface area contributed by atoms with Crippen molar-refractivity contribution in [3.8, 4) is 16.9 Å². The lowest BCUT2D eigenvalue weighted by molar-refractivity contribution is -0.137. The molecule has 168 valence electrons. The Hall–Kier alpha value is -3.87. The zero-order chi connectivity index (χ0) is 23.4. The van der Waals surface area contributed by atoms with Gasteiger partial charge in [-0.1, -0.05) is 42.5 Å². The molecule has 3 aromatic carbocycles. The second kappa shape index (κ2) is 9.32. The van der Waals surface area contributed by atoms with Gasteiger partial charge in [0, 0.05) is 18.1 Å². The second-order valence-electron chi connectivity index (χ2n) is 7.55. The van der Waals surface area contributed by atoms with Crippen LogP contribution in [0.1, 0.15) is 16.7 Å². The SMILES string of the molecule is COc1cccc(-c2ccc(CNC(=O)Cc3ccc(C(F)(F)F)cc3)c3ncccc23)c1. The summed E-state index contributed by atoms with van der Waals surface area (Å²) in [7, 11) is 1.62. The highest BCUT2D eigenvalue weighted by molar-refractivity contribution is 5.96. The van der Waals surface area contributed by atoms with E-state index >= 15 is 0 Å². The zero-order valence-electron chi connectivity index (χ0n) is 17.8. The summed E-state index contributed by atoms with van der Waals surface area (Å²) in [6, 6.07) is 20.1. The number of benzene rings is 3. The minimum Gasteiger partial charge on any atom is -0.497 e. The van der Waals surface area contributed by atoms with Crippen LogP contribution in [0.2, 0.25) is 0 Å². The number of fused-ring (bicyclic) bond motifs is 1. The minimum absolute atomic E-state index is 0.00854. The van der Waals surface area contributed by atoms with Crippen molar-refractivity contribution in [2.75, 3.05) is 7.11 Å². The topological polar surface area (TPSA) is 51.2 Å². The number of pyridine rings is 1. The van der Waals surface area contributed by atoms with Crippen LogP contribution in [-0.4, -0.2) is 18.0 Å². The van der Waals surface area contributed by atoms with E-state index in [0.29, 0.717) is 5.56 Å². The molecule has 1 N–H and O–H groups in total. The summed E-state index contributed by atoms with van der Waals surface area (Å²) in [6.07, 6.45) is -2.71. The summed E-state index contributed by atoms with van der Waals surface area (Å²) >= 11 is 0. The van der Waals surface area contributed by atoms with Crippen LogP contribution in [0, 0.1) is 0 Å². The zero-order valence-corrected chi connectivity index (χ0v) is 17.8. The molecule has 7 heteroatoms. The third-order valence-electron chi connectivity index (χ3n) is 5.36. The first-order valence-corrected chi connectivity index (χ1v) is 10.3. The Labute approximate surface area is 189 Å². The molecule has 0 fully saturated rings. The van der Waals surface area contributed by atoms with Gasteiger partial charge in [-0.05, 0) is 52.6 Å². The Balaban J connectivity index is 1.51. The van der Waals surface area contributed by atoms with Gasteiger partial charge in [-0.25, -0.2) is 0 Å². The molecule has 4 aromatic rings. The highest BCUT2D eigenvalue weighted by Gasteiger charge is 2.29. The van der Waals surface area contributed by atoms with Crippen molar-refractivity contribution >= 4 is 16.8 Å². The number of halogens is 3. The summed E-state index contributed by atoms with van der Waals surface area (Å²) < 4.78 is 43.4. The van der Waals surface area contributed by atoms with Crippen molar-refractivity contribution in [2.45, 2.75) is 19.1 Å². The molecule has 0 aliphatic carbocycles. The lowest BCUT2D eigenvalue weighted by atomic mass is 9.97. The maximum absolute atomic E-state index is 12.7. The molecular formula is C26H21F3N2O2. The lowest BCUT2D eigenvalue weighted by Crippen LogP contribution is -2.24. The van der Waals surface area contributed by atoms with Gasteiger partial charge >= 0.3 is 6.18 Å². The molecule has 0 saturated carbocycles. The summed E-state index contributed by atoms with van der Waals surface area (Å²) in [5.74, 6) is 0.472. The molecule has 0 radical (unpaired) electrons. The highest BCUT2D eigenvalue weighted by atomic mass is 19.4. The Bertz CT molecular complexity index is 1280. The molecule has 4 rings (SSSR count). The number of aromatic nitrogens is 1. The Morgan fingerprint density at radius 2 is 1.79 bits per heavy atom. The molecule has 1 amide bonds. The number of carbonyl (C=O) groups is 1. The molecule has 0 aliphatic rings. The second-order valence-corrected chi connectivity index (χ2v) is 7.55. The van der Waals surface area contributed by atoms with Crippen LogP contribution in [-0.2, 0) is 23.9 Å². The van der Waals surface area contributed by atoms with E-state index in [1.807, 2.05) is 48.5 Å². The monoisotopic (exact) mass is 450 g/mol. The van der Waals surface area contributed by atoms with E-state index in [2.05, 4.69) is 10.3 Å². The fourth-order valence-electron chi connectivity index (χ4n) is 3.67. The quantitative estimate of drug-likeness (QED) is 0.405. The highest BCUT2D eigenvalue weighted by Crippen LogP contribution is 2.32. The number of rotatable bonds is 6. The molecule has 1 aromatic heterocycles. The van der Waals surface area contributed by atoms with Crippen molar-refractivity contribution in [2.24, 2.45) is 0 Å². The molecule has 0 spiro atoms. The van der Waals surface area contributed by atoms with Crippen LogP contribution in [0.5, 0.6) is 5.75 Å². The van der Waals surface area contributed by atoms with Crippen molar-refractivity contribution < 1.29 is 22.7 Å². The lowest BCUT2D eigenvalue weighted by Gasteiger charge is -2.13. The van der Waals surface area contributed by atoms with Gasteiger partial charge in [0.15, 0.2) is 0 Å². The number of ether oxygens (including phenoxy) is 1. The van der Waals surface area contributed by atoms with Crippen LogP contribution in [0.3, 0.4) is 0 Å². The number of carbonyl (C=O) groups excluding carboxylic acids is 1. The average molecular weight is 450 g/mol. The fourth-order valence-corrected chi connectivity index (χ4v) is 3.67. The van der Waals surface area contributed by atoms with Crippen molar-refractivity contribution in [3.05, 3.63) is 95.7 Å². The number of hydrogen-bond donors (Lipinski definition) is 1. The maximum atomic E-state index is 12.7. The van der Waals surface area contributed by atoms with E-state index in [0.717, 1.165) is 45.5 Å². The van der Waals surface area contributed by atoms with Crippen molar-refractivity contribution in [3.63, 3.8) is 0 Å². The number of methoxy groups -OCH3 is 1. The first-order chi connectivity index (χ1) is 15.8. The molecule has 0 bridgehead atoms. The van der Waals surface area contributed by atoms with Gasteiger partial charge < -0.3 is 10.1 Å². The molecule has 33 heavy (non-hydrogen) atoms. The Morgan fingerprint density at radius 1 is 1.00 bits per heavy atom. The van der Waals surface area contributed by atoms with E-state index in [4.69, 9.17) is 4.74 Å². The molecule has 0 saturated heterocycles. The largest absolute Gasteiger partial charge is 0.497 e. The van der Waals surface area contributed by atoms with Gasteiger partial charge in [0.05, 0.1) is 24.6 Å². The summed E-state index contributed by atoms with van der Waals surface area (Å²) in [5.41, 5.74) is 3.38. The maximum Gasteiger partial charge on any atom is 0.416 e. The molecule has 0 aliphatic heterocycles. The normalized spacial score (nSPS) is 11.4. The predicted molar refractivity (Wildman–Crippen MR) is 121 cm³/mol. The first kappa shape index (κ1) is 22.3. The summed E-state index contributed by atoms with van der Waals surface area (Å²) in [6.45, 7) is 0.255. The number of hydrogen-bond acceptors (Lipinski definition) is 3. The number of nitrogens with zero attached hydrogens (tertiary/aromatic N) is 1. The van der Waals surface area contributed by atoms with Crippen LogP contribution < -0.4 is 10.1 Å². The molecule has 0 atom stereocenters.